The molecule has 21 heavy (non-hydrogen) atoms. The highest BCUT2D eigenvalue weighted by Crippen LogP contribution is 2.15. The number of rotatable bonds is 10. The zero-order valence-electron chi connectivity index (χ0n) is 13.1. The molecule has 0 atom stereocenters. The van der Waals surface area contributed by atoms with Crippen LogP contribution in [0.2, 0.25) is 0 Å². The first-order valence-electron chi connectivity index (χ1n) is 7.30. The minimum atomic E-state index is -3.40. The molecule has 0 fully saturated rings. The lowest BCUT2D eigenvalue weighted by atomic mass is 10.1. The molecule has 0 saturated carbocycles. The van der Waals surface area contributed by atoms with Crippen LogP contribution in [0, 0.1) is 6.92 Å². The van der Waals surface area contributed by atoms with Crippen molar-refractivity contribution in [3.63, 3.8) is 0 Å². The van der Waals surface area contributed by atoms with Crippen molar-refractivity contribution in [3.8, 4) is 0 Å². The summed E-state index contributed by atoms with van der Waals surface area (Å²) >= 11 is 1.72. The Morgan fingerprint density at radius 1 is 1.24 bits per heavy atom. The Kier molecular flexibility index (Phi) is 8.33. The van der Waals surface area contributed by atoms with Crippen molar-refractivity contribution in [2.45, 2.75) is 38.1 Å². The largest absolute Gasteiger partial charge is 0.313 e. The third-order valence-corrected chi connectivity index (χ3v) is 5.35. The van der Waals surface area contributed by atoms with Gasteiger partial charge in [0.2, 0.25) is 10.0 Å². The Balaban J connectivity index is 2.75. The van der Waals surface area contributed by atoms with Gasteiger partial charge in [-0.1, -0.05) is 13.0 Å². The number of benzene rings is 1. The van der Waals surface area contributed by atoms with Gasteiger partial charge in [-0.05, 0) is 61.6 Å². The quantitative estimate of drug-likeness (QED) is 0.647. The van der Waals surface area contributed by atoms with Crippen molar-refractivity contribution in [3.05, 3.63) is 29.3 Å². The summed E-state index contributed by atoms with van der Waals surface area (Å²) in [6.45, 7) is 6.24. The van der Waals surface area contributed by atoms with Gasteiger partial charge in [-0.3, -0.25) is 0 Å². The molecule has 0 amide bonds. The molecule has 4 nitrogen and oxygen atoms in total. The summed E-state index contributed by atoms with van der Waals surface area (Å²) in [6, 6.07) is 5.32. The molecule has 0 aliphatic rings. The highest BCUT2D eigenvalue weighted by Gasteiger charge is 2.14. The second kappa shape index (κ2) is 9.46. The molecule has 0 aliphatic heterocycles. The lowest BCUT2D eigenvalue weighted by molar-refractivity contribution is 0.580. The maximum atomic E-state index is 12.3. The van der Waals surface area contributed by atoms with E-state index in [1.807, 2.05) is 19.2 Å². The van der Waals surface area contributed by atoms with Crippen LogP contribution in [-0.2, 0) is 16.6 Å². The Labute approximate surface area is 133 Å². The number of nitrogens with one attached hydrogen (secondary N) is 2. The predicted molar refractivity (Wildman–Crippen MR) is 91.4 cm³/mol. The van der Waals surface area contributed by atoms with Crippen molar-refractivity contribution in [2.24, 2.45) is 0 Å². The monoisotopic (exact) mass is 330 g/mol. The molecule has 120 valence electrons. The third kappa shape index (κ3) is 6.38. The van der Waals surface area contributed by atoms with Gasteiger partial charge in [-0.15, -0.1) is 0 Å². The van der Waals surface area contributed by atoms with E-state index in [1.165, 1.54) is 0 Å². The standard InChI is InChI=1S/C15H26N2O2S2/c1-4-8-16-12-14-11-15(7-6-13(14)2)21(18,19)17-9-5-10-20-3/h6-7,11,16-17H,4-5,8-10,12H2,1-3H3. The van der Waals surface area contributed by atoms with Crippen molar-refractivity contribution >= 4 is 21.8 Å². The Hall–Kier alpha value is -0.560. The van der Waals surface area contributed by atoms with Crippen LogP contribution in [0.25, 0.3) is 0 Å². The van der Waals surface area contributed by atoms with Crippen LogP contribution in [0.1, 0.15) is 30.9 Å². The first-order chi connectivity index (χ1) is 10.0. The fourth-order valence-electron chi connectivity index (χ4n) is 1.91. The van der Waals surface area contributed by atoms with E-state index in [0.29, 0.717) is 18.0 Å². The van der Waals surface area contributed by atoms with Gasteiger partial charge in [0.05, 0.1) is 4.90 Å². The van der Waals surface area contributed by atoms with Crippen LogP contribution in [0.4, 0.5) is 0 Å². The lowest BCUT2D eigenvalue weighted by Gasteiger charge is -2.11. The molecule has 0 bridgehead atoms. The van der Waals surface area contributed by atoms with Crippen molar-refractivity contribution < 1.29 is 8.42 Å². The van der Waals surface area contributed by atoms with Gasteiger partial charge in [0.25, 0.3) is 0 Å². The smallest absolute Gasteiger partial charge is 0.240 e. The summed E-state index contributed by atoms with van der Waals surface area (Å²) in [4.78, 5) is 0.352. The molecule has 0 unspecified atom stereocenters. The van der Waals surface area contributed by atoms with Crippen LogP contribution in [0.15, 0.2) is 23.1 Å². The van der Waals surface area contributed by atoms with Crippen molar-refractivity contribution in [2.75, 3.05) is 25.1 Å². The summed E-state index contributed by atoms with van der Waals surface area (Å²) in [5.41, 5.74) is 2.15. The molecular weight excluding hydrogens is 304 g/mol. The fourth-order valence-corrected chi connectivity index (χ4v) is 3.47. The summed E-state index contributed by atoms with van der Waals surface area (Å²) in [7, 11) is -3.40. The molecule has 0 heterocycles. The number of thioether (sulfide) groups is 1. The minimum Gasteiger partial charge on any atom is -0.313 e. The lowest BCUT2D eigenvalue weighted by Crippen LogP contribution is -2.25. The molecule has 0 radical (unpaired) electrons. The molecule has 0 aromatic heterocycles. The van der Waals surface area contributed by atoms with E-state index in [0.717, 1.165) is 36.3 Å². The van der Waals surface area contributed by atoms with Crippen LogP contribution in [0.5, 0.6) is 0 Å². The molecule has 1 aromatic rings. The normalized spacial score (nSPS) is 11.8. The van der Waals surface area contributed by atoms with Gasteiger partial charge in [-0.2, -0.15) is 11.8 Å². The molecule has 0 aliphatic carbocycles. The SMILES string of the molecule is CCCNCc1cc(S(=O)(=O)NCCCSC)ccc1C. The predicted octanol–water partition coefficient (Wildman–Crippen LogP) is 2.53. The number of sulfonamides is 1. The molecule has 2 N–H and O–H groups in total. The van der Waals surface area contributed by atoms with Gasteiger partial charge >= 0.3 is 0 Å². The van der Waals surface area contributed by atoms with Crippen LogP contribution < -0.4 is 10.0 Å². The van der Waals surface area contributed by atoms with Crippen molar-refractivity contribution in [1.29, 1.82) is 0 Å². The van der Waals surface area contributed by atoms with E-state index >= 15 is 0 Å². The molecule has 0 saturated heterocycles. The highest BCUT2D eigenvalue weighted by atomic mass is 32.2. The molecule has 1 rings (SSSR count). The molecule has 1 aromatic carbocycles. The Morgan fingerprint density at radius 2 is 2.00 bits per heavy atom. The maximum absolute atomic E-state index is 12.3. The molecule has 0 spiro atoms. The molecular formula is C15H26N2O2S2. The van der Waals surface area contributed by atoms with Crippen LogP contribution >= 0.6 is 11.8 Å². The number of hydrogen-bond donors (Lipinski definition) is 2. The second-order valence-electron chi connectivity index (χ2n) is 5.01. The summed E-state index contributed by atoms with van der Waals surface area (Å²) < 4.78 is 27.2. The maximum Gasteiger partial charge on any atom is 0.240 e. The summed E-state index contributed by atoms with van der Waals surface area (Å²) in [5, 5.41) is 3.31. The van der Waals surface area contributed by atoms with Gasteiger partial charge in [0.15, 0.2) is 0 Å². The number of hydrogen-bond acceptors (Lipinski definition) is 4. The van der Waals surface area contributed by atoms with Gasteiger partial charge in [0, 0.05) is 13.1 Å². The zero-order chi connectivity index (χ0) is 15.7. The second-order valence-corrected chi connectivity index (χ2v) is 7.76. The summed E-state index contributed by atoms with van der Waals surface area (Å²) in [5.74, 6) is 0.961. The first-order valence-corrected chi connectivity index (χ1v) is 10.2. The molecule has 6 heteroatoms. The van der Waals surface area contributed by atoms with Gasteiger partial charge < -0.3 is 5.32 Å². The average molecular weight is 331 g/mol. The van der Waals surface area contributed by atoms with E-state index in [-0.39, 0.29) is 0 Å². The van der Waals surface area contributed by atoms with E-state index in [9.17, 15) is 8.42 Å². The fraction of sp³-hybridized carbons (Fsp3) is 0.600. The van der Waals surface area contributed by atoms with E-state index < -0.39 is 10.0 Å². The first kappa shape index (κ1) is 18.5. The average Bonchev–Trinajstić information content (AvgIpc) is 2.45. The zero-order valence-corrected chi connectivity index (χ0v) is 14.7. The van der Waals surface area contributed by atoms with Crippen LogP contribution in [0.3, 0.4) is 0 Å². The van der Waals surface area contributed by atoms with Gasteiger partial charge in [-0.25, -0.2) is 13.1 Å². The Morgan fingerprint density at radius 3 is 2.67 bits per heavy atom. The van der Waals surface area contributed by atoms with E-state index in [4.69, 9.17) is 0 Å². The van der Waals surface area contributed by atoms with E-state index in [2.05, 4.69) is 17.0 Å². The van der Waals surface area contributed by atoms with Gasteiger partial charge in [0.1, 0.15) is 0 Å². The van der Waals surface area contributed by atoms with Crippen molar-refractivity contribution in [1.82, 2.24) is 10.0 Å². The third-order valence-electron chi connectivity index (χ3n) is 3.19. The summed E-state index contributed by atoms with van der Waals surface area (Å²) in [6.07, 6.45) is 3.93. The highest BCUT2D eigenvalue weighted by molar-refractivity contribution is 7.98. The Bertz CT molecular complexity index is 530. The van der Waals surface area contributed by atoms with E-state index in [1.54, 1.807) is 23.9 Å². The minimum absolute atomic E-state index is 0.352. The topological polar surface area (TPSA) is 58.2 Å². The number of aryl methyl sites for hydroxylation is 1. The van der Waals surface area contributed by atoms with Crippen LogP contribution in [-0.4, -0.2) is 33.5 Å².